The Morgan fingerprint density at radius 1 is 1.18 bits per heavy atom. The molecule has 4 aromatic rings. The maximum Gasteiger partial charge on any atom is 0.250 e. The molecule has 34 heavy (non-hydrogen) atoms. The number of hydrogen-bond donors (Lipinski definition) is 2. The lowest BCUT2D eigenvalue weighted by Gasteiger charge is -2.13. The van der Waals surface area contributed by atoms with Crippen molar-refractivity contribution < 1.29 is 14.3 Å². The van der Waals surface area contributed by atoms with E-state index in [4.69, 9.17) is 9.47 Å². The second-order valence-corrected chi connectivity index (χ2v) is 9.82. The predicted octanol–water partition coefficient (Wildman–Crippen LogP) is 5.92. The van der Waals surface area contributed by atoms with Gasteiger partial charge in [-0.15, -0.1) is 0 Å². The molecule has 174 valence electrons. The summed E-state index contributed by atoms with van der Waals surface area (Å²) in [5.41, 5.74) is 6.11. The number of ether oxygens (including phenoxy) is 2. The minimum Gasteiger partial charge on any atom is -0.493 e. The molecule has 7 nitrogen and oxygen atoms in total. The van der Waals surface area contributed by atoms with Gasteiger partial charge in [0.15, 0.2) is 16.7 Å². The number of H-pyrrole nitrogens is 1. The van der Waals surface area contributed by atoms with Gasteiger partial charge in [0, 0.05) is 4.47 Å². The van der Waals surface area contributed by atoms with Crippen molar-refractivity contribution in [2.75, 3.05) is 12.9 Å². The SMILES string of the molecule is COc1cc(/C=N/NC(=O)CSc2nc3ccccc3[nH]2)cc(Br)c1OCc1ccc(Br)cc1. The molecular formula is C24H20Br2N4O3S. The molecule has 1 aromatic heterocycles. The van der Waals surface area contributed by atoms with Gasteiger partial charge in [0.25, 0.3) is 5.91 Å². The van der Waals surface area contributed by atoms with Crippen molar-refractivity contribution in [1.82, 2.24) is 15.4 Å². The number of carbonyl (C=O) groups excluding carboxylic acids is 1. The van der Waals surface area contributed by atoms with Crippen LogP contribution in [0.5, 0.6) is 11.5 Å². The van der Waals surface area contributed by atoms with Crippen LogP contribution in [0.15, 0.2) is 79.9 Å². The summed E-state index contributed by atoms with van der Waals surface area (Å²) in [4.78, 5) is 19.8. The number of fused-ring (bicyclic) bond motifs is 1. The van der Waals surface area contributed by atoms with Gasteiger partial charge >= 0.3 is 0 Å². The Kier molecular flexibility index (Phi) is 8.25. The number of rotatable bonds is 9. The predicted molar refractivity (Wildman–Crippen MR) is 142 cm³/mol. The molecule has 4 rings (SSSR count). The lowest BCUT2D eigenvalue weighted by atomic mass is 10.2. The van der Waals surface area contributed by atoms with E-state index < -0.39 is 0 Å². The van der Waals surface area contributed by atoms with Crippen LogP contribution in [-0.2, 0) is 11.4 Å². The molecule has 0 atom stereocenters. The van der Waals surface area contributed by atoms with Gasteiger partial charge in [-0.25, -0.2) is 10.4 Å². The van der Waals surface area contributed by atoms with E-state index in [0.29, 0.717) is 23.3 Å². The molecule has 0 saturated carbocycles. The Morgan fingerprint density at radius 2 is 1.97 bits per heavy atom. The number of methoxy groups -OCH3 is 1. The lowest BCUT2D eigenvalue weighted by Crippen LogP contribution is -2.19. The van der Waals surface area contributed by atoms with E-state index in [1.54, 1.807) is 19.4 Å². The Hall–Kier alpha value is -2.82. The summed E-state index contributed by atoms with van der Waals surface area (Å²) in [6, 6.07) is 19.3. The first-order valence-corrected chi connectivity index (χ1v) is 12.7. The molecule has 0 bridgehead atoms. The third-order valence-corrected chi connectivity index (χ3v) is 6.65. The fourth-order valence-corrected chi connectivity index (χ4v) is 4.55. The first kappa shape index (κ1) is 24.3. The number of nitrogens with zero attached hydrogens (tertiary/aromatic N) is 2. The molecule has 0 saturated heterocycles. The molecule has 3 aromatic carbocycles. The summed E-state index contributed by atoms with van der Waals surface area (Å²) >= 11 is 8.28. The summed E-state index contributed by atoms with van der Waals surface area (Å²) in [6.45, 7) is 0.397. The molecule has 1 heterocycles. The minimum absolute atomic E-state index is 0.188. The number of aromatic nitrogens is 2. The zero-order chi connectivity index (χ0) is 23.9. The van der Waals surface area contributed by atoms with Crippen LogP contribution in [0.25, 0.3) is 11.0 Å². The fraction of sp³-hybridized carbons (Fsp3) is 0.125. The van der Waals surface area contributed by atoms with Gasteiger partial charge in [0.1, 0.15) is 6.61 Å². The summed E-state index contributed by atoms with van der Waals surface area (Å²) in [5.74, 6) is 1.10. The summed E-state index contributed by atoms with van der Waals surface area (Å²) in [6.07, 6.45) is 1.55. The van der Waals surface area contributed by atoms with Crippen molar-refractivity contribution in [1.29, 1.82) is 0 Å². The molecule has 0 radical (unpaired) electrons. The molecule has 0 aliphatic heterocycles. The van der Waals surface area contributed by atoms with Crippen LogP contribution in [0.2, 0.25) is 0 Å². The van der Waals surface area contributed by atoms with Gasteiger partial charge in [0.05, 0.1) is 34.6 Å². The van der Waals surface area contributed by atoms with E-state index in [-0.39, 0.29) is 11.7 Å². The smallest absolute Gasteiger partial charge is 0.250 e. The first-order valence-electron chi connectivity index (χ1n) is 10.2. The fourth-order valence-electron chi connectivity index (χ4n) is 3.03. The molecule has 0 fully saturated rings. The number of hydrogen-bond acceptors (Lipinski definition) is 6. The molecule has 1 amide bonds. The van der Waals surface area contributed by atoms with Crippen molar-refractivity contribution in [2.45, 2.75) is 11.8 Å². The maximum absolute atomic E-state index is 12.2. The monoisotopic (exact) mass is 602 g/mol. The first-order chi connectivity index (χ1) is 16.5. The number of amides is 1. The molecule has 10 heteroatoms. The van der Waals surface area contributed by atoms with E-state index in [0.717, 1.165) is 31.1 Å². The average molecular weight is 604 g/mol. The topological polar surface area (TPSA) is 88.6 Å². The normalized spacial score (nSPS) is 11.1. The highest BCUT2D eigenvalue weighted by Crippen LogP contribution is 2.37. The molecule has 0 aliphatic carbocycles. The number of thioether (sulfide) groups is 1. The third-order valence-electron chi connectivity index (χ3n) is 4.66. The van der Waals surface area contributed by atoms with Crippen LogP contribution < -0.4 is 14.9 Å². The third kappa shape index (κ3) is 6.40. The zero-order valence-corrected chi connectivity index (χ0v) is 22.0. The standard InChI is InChI=1S/C24H20Br2N4O3S/c1-32-21-11-16(10-18(26)23(21)33-13-15-6-8-17(25)9-7-15)12-27-30-22(31)14-34-24-28-19-4-2-3-5-20(19)29-24/h2-12H,13-14H2,1H3,(H,28,29)(H,30,31)/b27-12+. The van der Waals surface area contributed by atoms with Crippen LogP contribution >= 0.6 is 43.6 Å². The number of benzene rings is 3. The Morgan fingerprint density at radius 3 is 2.74 bits per heavy atom. The van der Waals surface area contributed by atoms with Gasteiger partial charge in [-0.1, -0.05) is 52.0 Å². The van der Waals surface area contributed by atoms with Crippen molar-refractivity contribution in [3.63, 3.8) is 0 Å². The number of imidazole rings is 1. The molecule has 0 spiro atoms. The summed E-state index contributed by atoms with van der Waals surface area (Å²) < 4.78 is 13.2. The quantitative estimate of drug-likeness (QED) is 0.141. The van der Waals surface area contributed by atoms with E-state index in [2.05, 4.69) is 52.4 Å². The van der Waals surface area contributed by atoms with Crippen molar-refractivity contribution in [2.24, 2.45) is 5.10 Å². The van der Waals surface area contributed by atoms with Crippen LogP contribution in [0.4, 0.5) is 0 Å². The lowest BCUT2D eigenvalue weighted by molar-refractivity contribution is -0.118. The molecule has 0 aliphatic rings. The number of halogens is 2. The van der Waals surface area contributed by atoms with E-state index in [1.807, 2.05) is 54.6 Å². The van der Waals surface area contributed by atoms with Crippen LogP contribution in [-0.4, -0.2) is 35.0 Å². The largest absolute Gasteiger partial charge is 0.493 e. The maximum atomic E-state index is 12.2. The van der Waals surface area contributed by atoms with Crippen molar-refractivity contribution in [3.8, 4) is 11.5 Å². The number of carbonyl (C=O) groups is 1. The molecular weight excluding hydrogens is 584 g/mol. The second-order valence-electron chi connectivity index (χ2n) is 7.09. The van der Waals surface area contributed by atoms with Crippen LogP contribution in [0.3, 0.4) is 0 Å². The average Bonchev–Trinajstić information content (AvgIpc) is 3.26. The van der Waals surface area contributed by atoms with Crippen LogP contribution in [0.1, 0.15) is 11.1 Å². The van der Waals surface area contributed by atoms with Crippen LogP contribution in [0, 0.1) is 0 Å². The second kappa shape index (κ2) is 11.5. The number of hydrazone groups is 1. The number of para-hydroxylation sites is 2. The zero-order valence-electron chi connectivity index (χ0n) is 18.0. The van der Waals surface area contributed by atoms with E-state index in [1.165, 1.54) is 11.8 Å². The van der Waals surface area contributed by atoms with E-state index in [9.17, 15) is 4.79 Å². The molecule has 0 unspecified atom stereocenters. The van der Waals surface area contributed by atoms with Gasteiger partial charge in [0.2, 0.25) is 0 Å². The highest BCUT2D eigenvalue weighted by Gasteiger charge is 2.12. The van der Waals surface area contributed by atoms with Gasteiger partial charge in [-0.05, 0) is 63.5 Å². The summed E-state index contributed by atoms with van der Waals surface area (Å²) in [7, 11) is 1.58. The van der Waals surface area contributed by atoms with Crippen molar-refractivity contribution in [3.05, 3.63) is 80.7 Å². The summed E-state index contributed by atoms with van der Waals surface area (Å²) in [5, 5.41) is 4.74. The van der Waals surface area contributed by atoms with Gasteiger partial charge in [-0.3, -0.25) is 4.79 Å². The minimum atomic E-state index is -0.234. The number of nitrogens with one attached hydrogen (secondary N) is 2. The van der Waals surface area contributed by atoms with E-state index >= 15 is 0 Å². The Labute approximate surface area is 217 Å². The Balaban J connectivity index is 1.33. The highest BCUT2D eigenvalue weighted by molar-refractivity contribution is 9.10. The Bertz CT molecular complexity index is 1290. The highest BCUT2D eigenvalue weighted by atomic mass is 79.9. The van der Waals surface area contributed by atoms with Crippen molar-refractivity contribution >= 4 is 66.8 Å². The van der Waals surface area contributed by atoms with Gasteiger partial charge in [-0.2, -0.15) is 5.10 Å². The number of aromatic amines is 1. The molecule has 2 N–H and O–H groups in total. The van der Waals surface area contributed by atoms with Gasteiger partial charge < -0.3 is 14.5 Å².